The predicted molar refractivity (Wildman–Crippen MR) is 43.4 cm³/mol. The van der Waals surface area contributed by atoms with Crippen molar-refractivity contribution in [3.05, 3.63) is 17.7 Å². The van der Waals surface area contributed by atoms with Crippen LogP contribution in [0.25, 0.3) is 0 Å². The molecule has 0 atom stereocenters. The minimum absolute atomic E-state index is 0.599. The molecule has 0 aliphatic carbocycles. The summed E-state index contributed by atoms with van der Waals surface area (Å²) < 4.78 is 7.14. The number of methoxy groups -OCH3 is 1. The van der Waals surface area contributed by atoms with E-state index in [1.807, 2.05) is 6.20 Å². The summed E-state index contributed by atoms with van der Waals surface area (Å²) in [5, 5.41) is 0. The second-order valence-corrected chi connectivity index (χ2v) is 2.49. The van der Waals surface area contributed by atoms with Crippen molar-refractivity contribution >= 4 is 0 Å². The van der Waals surface area contributed by atoms with Gasteiger partial charge in [-0.25, -0.2) is 4.98 Å². The van der Waals surface area contributed by atoms with Crippen LogP contribution in [-0.4, -0.2) is 16.7 Å². The quantitative estimate of drug-likeness (QED) is 0.657. The zero-order valence-electron chi connectivity index (χ0n) is 7.29. The topological polar surface area (TPSA) is 27.1 Å². The molecule has 0 spiro atoms. The minimum Gasteiger partial charge on any atom is -0.377 e. The molecule has 0 N–H and O–H groups in total. The standard InChI is InChI=1S/C8H14N2O/c1-4-10-7(2)5-9-8(10)6-11-3/h5H,4,6H2,1-3H3. The van der Waals surface area contributed by atoms with Gasteiger partial charge in [0.2, 0.25) is 0 Å². The minimum atomic E-state index is 0.599. The van der Waals surface area contributed by atoms with Crippen LogP contribution >= 0.6 is 0 Å². The van der Waals surface area contributed by atoms with Gasteiger partial charge in [0.05, 0.1) is 0 Å². The number of imidazole rings is 1. The van der Waals surface area contributed by atoms with Crippen LogP contribution in [0.4, 0.5) is 0 Å². The van der Waals surface area contributed by atoms with Gasteiger partial charge in [-0.3, -0.25) is 0 Å². The smallest absolute Gasteiger partial charge is 0.134 e. The number of aromatic nitrogens is 2. The normalized spacial score (nSPS) is 10.5. The molecule has 0 saturated carbocycles. The van der Waals surface area contributed by atoms with Crippen molar-refractivity contribution < 1.29 is 4.74 Å². The number of ether oxygens (including phenoxy) is 1. The lowest BCUT2D eigenvalue weighted by Crippen LogP contribution is -2.04. The van der Waals surface area contributed by atoms with Crippen molar-refractivity contribution in [2.75, 3.05) is 7.11 Å². The summed E-state index contributed by atoms with van der Waals surface area (Å²) in [4.78, 5) is 4.21. The van der Waals surface area contributed by atoms with E-state index >= 15 is 0 Å². The Balaban J connectivity index is 2.86. The molecule has 3 heteroatoms. The highest BCUT2D eigenvalue weighted by molar-refractivity contribution is 5.02. The van der Waals surface area contributed by atoms with Crippen LogP contribution in [0.3, 0.4) is 0 Å². The summed E-state index contributed by atoms with van der Waals surface area (Å²) in [7, 11) is 1.68. The van der Waals surface area contributed by atoms with Gasteiger partial charge in [-0.15, -0.1) is 0 Å². The number of hydrogen-bond donors (Lipinski definition) is 0. The summed E-state index contributed by atoms with van der Waals surface area (Å²) in [6.45, 7) is 5.72. The zero-order valence-corrected chi connectivity index (χ0v) is 7.29. The van der Waals surface area contributed by atoms with Crippen molar-refractivity contribution in [2.45, 2.75) is 27.0 Å². The number of rotatable bonds is 3. The fraction of sp³-hybridized carbons (Fsp3) is 0.625. The van der Waals surface area contributed by atoms with E-state index in [9.17, 15) is 0 Å². The first kappa shape index (κ1) is 8.27. The molecule has 0 unspecified atom stereocenters. The average molecular weight is 154 g/mol. The Morgan fingerprint density at radius 1 is 1.64 bits per heavy atom. The lowest BCUT2D eigenvalue weighted by molar-refractivity contribution is 0.174. The first-order valence-corrected chi connectivity index (χ1v) is 3.79. The Kier molecular flexibility index (Phi) is 2.65. The van der Waals surface area contributed by atoms with Gasteiger partial charge >= 0.3 is 0 Å². The van der Waals surface area contributed by atoms with E-state index in [0.29, 0.717) is 6.61 Å². The Bertz CT molecular complexity index is 230. The monoisotopic (exact) mass is 154 g/mol. The molecule has 0 aliphatic rings. The fourth-order valence-electron chi connectivity index (χ4n) is 1.19. The zero-order chi connectivity index (χ0) is 8.27. The summed E-state index contributed by atoms with van der Waals surface area (Å²) in [5.41, 5.74) is 1.19. The highest BCUT2D eigenvalue weighted by atomic mass is 16.5. The van der Waals surface area contributed by atoms with Gasteiger partial charge in [0, 0.05) is 25.5 Å². The Morgan fingerprint density at radius 3 is 2.91 bits per heavy atom. The molecule has 1 heterocycles. The molecule has 1 aromatic heterocycles. The molecule has 0 fully saturated rings. The van der Waals surface area contributed by atoms with E-state index in [1.165, 1.54) is 5.69 Å². The largest absolute Gasteiger partial charge is 0.377 e. The van der Waals surface area contributed by atoms with Crippen molar-refractivity contribution in [3.63, 3.8) is 0 Å². The number of nitrogens with zero attached hydrogens (tertiary/aromatic N) is 2. The summed E-state index contributed by atoms with van der Waals surface area (Å²) in [6.07, 6.45) is 1.87. The maximum Gasteiger partial charge on any atom is 0.134 e. The van der Waals surface area contributed by atoms with E-state index in [1.54, 1.807) is 7.11 Å². The molecular formula is C8H14N2O. The third kappa shape index (κ3) is 1.60. The highest BCUT2D eigenvalue weighted by Gasteiger charge is 2.02. The number of hydrogen-bond acceptors (Lipinski definition) is 2. The van der Waals surface area contributed by atoms with Crippen LogP contribution in [0.15, 0.2) is 6.20 Å². The molecule has 0 radical (unpaired) electrons. The van der Waals surface area contributed by atoms with Gasteiger partial charge < -0.3 is 9.30 Å². The van der Waals surface area contributed by atoms with Crippen molar-refractivity contribution in [1.82, 2.24) is 9.55 Å². The van der Waals surface area contributed by atoms with E-state index in [0.717, 1.165) is 12.4 Å². The van der Waals surface area contributed by atoms with Crippen molar-refractivity contribution in [3.8, 4) is 0 Å². The van der Waals surface area contributed by atoms with Gasteiger partial charge in [0.15, 0.2) is 0 Å². The molecule has 1 rings (SSSR count). The molecule has 0 aromatic carbocycles. The van der Waals surface area contributed by atoms with E-state index in [2.05, 4.69) is 23.4 Å². The molecule has 0 saturated heterocycles. The Labute approximate surface area is 67.0 Å². The van der Waals surface area contributed by atoms with Gasteiger partial charge in [-0.1, -0.05) is 0 Å². The second kappa shape index (κ2) is 3.53. The van der Waals surface area contributed by atoms with Crippen LogP contribution in [0.2, 0.25) is 0 Å². The fourth-order valence-corrected chi connectivity index (χ4v) is 1.19. The first-order chi connectivity index (χ1) is 5.29. The van der Waals surface area contributed by atoms with E-state index < -0.39 is 0 Å². The van der Waals surface area contributed by atoms with Crippen molar-refractivity contribution in [2.24, 2.45) is 0 Å². The highest BCUT2D eigenvalue weighted by Crippen LogP contribution is 2.04. The van der Waals surface area contributed by atoms with Crippen LogP contribution < -0.4 is 0 Å². The van der Waals surface area contributed by atoms with Gasteiger partial charge in [-0.05, 0) is 13.8 Å². The third-order valence-electron chi connectivity index (χ3n) is 1.73. The summed E-state index contributed by atoms with van der Waals surface area (Å²) >= 11 is 0. The average Bonchev–Trinajstić information content (AvgIpc) is 2.33. The lowest BCUT2D eigenvalue weighted by atomic mass is 10.5. The van der Waals surface area contributed by atoms with Gasteiger partial charge in [0.1, 0.15) is 12.4 Å². The first-order valence-electron chi connectivity index (χ1n) is 3.79. The Morgan fingerprint density at radius 2 is 2.36 bits per heavy atom. The van der Waals surface area contributed by atoms with Crippen LogP contribution in [0.1, 0.15) is 18.4 Å². The molecule has 1 aromatic rings. The molecule has 11 heavy (non-hydrogen) atoms. The third-order valence-corrected chi connectivity index (χ3v) is 1.73. The summed E-state index contributed by atoms with van der Waals surface area (Å²) in [5.74, 6) is 1.01. The molecule has 3 nitrogen and oxygen atoms in total. The lowest BCUT2D eigenvalue weighted by Gasteiger charge is -2.04. The Hall–Kier alpha value is -0.830. The second-order valence-electron chi connectivity index (χ2n) is 2.49. The summed E-state index contributed by atoms with van der Waals surface area (Å²) in [6, 6.07) is 0. The van der Waals surface area contributed by atoms with Gasteiger partial charge in [-0.2, -0.15) is 0 Å². The van der Waals surface area contributed by atoms with E-state index in [4.69, 9.17) is 4.74 Å². The molecule has 62 valence electrons. The molecule has 0 bridgehead atoms. The van der Waals surface area contributed by atoms with Crippen LogP contribution in [0.5, 0.6) is 0 Å². The van der Waals surface area contributed by atoms with Crippen LogP contribution in [-0.2, 0) is 17.9 Å². The maximum atomic E-state index is 5.00. The van der Waals surface area contributed by atoms with Gasteiger partial charge in [0.25, 0.3) is 0 Å². The molecular weight excluding hydrogens is 140 g/mol. The van der Waals surface area contributed by atoms with Crippen LogP contribution in [0, 0.1) is 6.92 Å². The number of aryl methyl sites for hydroxylation is 1. The molecule has 0 amide bonds. The SMILES string of the molecule is CCn1c(C)cnc1COC. The van der Waals surface area contributed by atoms with E-state index in [-0.39, 0.29) is 0 Å². The predicted octanol–water partition coefficient (Wildman–Crippen LogP) is 1.36. The molecule has 0 aliphatic heterocycles. The van der Waals surface area contributed by atoms with Crippen molar-refractivity contribution in [1.29, 1.82) is 0 Å². The maximum absolute atomic E-state index is 5.00.